The molecule has 1 unspecified atom stereocenters. The highest BCUT2D eigenvalue weighted by Crippen LogP contribution is 2.24. The summed E-state index contributed by atoms with van der Waals surface area (Å²) in [5.41, 5.74) is 0.306. The Kier molecular flexibility index (Phi) is 8.93. The average Bonchev–Trinajstić information content (AvgIpc) is 2.19. The van der Waals surface area contributed by atoms with Gasteiger partial charge in [-0.3, -0.25) is 4.79 Å². The summed E-state index contributed by atoms with van der Waals surface area (Å²) >= 11 is 3.62. The molecule has 0 aromatic heterocycles. The molecule has 0 saturated heterocycles. The number of alkyl halides is 1. The maximum absolute atomic E-state index is 11.5. The molecule has 0 heterocycles. The second kappa shape index (κ2) is 8.96. The minimum atomic E-state index is 0.194. The second-order valence-corrected chi connectivity index (χ2v) is 7.27. The van der Waals surface area contributed by atoms with Crippen molar-refractivity contribution >= 4 is 21.8 Å². The molecule has 0 aliphatic rings. The lowest BCUT2D eigenvalue weighted by Gasteiger charge is -2.22. The van der Waals surface area contributed by atoms with Crippen LogP contribution >= 0.6 is 15.9 Å². The predicted octanol–water partition coefficient (Wildman–Crippen LogP) is 4.27. The van der Waals surface area contributed by atoms with E-state index in [-0.39, 0.29) is 5.91 Å². The standard InChI is InChI=1S/C14H28BrNO/c1-5-6-7-8-9-13(17)16-11-12(15)10-14(2,3)4/h12H,5-11H2,1-4H3,(H,16,17). The highest BCUT2D eigenvalue weighted by atomic mass is 79.9. The van der Waals surface area contributed by atoms with E-state index in [0.717, 1.165) is 19.4 Å². The van der Waals surface area contributed by atoms with Gasteiger partial charge in [0, 0.05) is 17.8 Å². The number of carbonyl (C=O) groups excluding carboxylic acids is 1. The van der Waals surface area contributed by atoms with Crippen molar-refractivity contribution in [1.29, 1.82) is 0 Å². The van der Waals surface area contributed by atoms with Gasteiger partial charge in [0.05, 0.1) is 0 Å². The molecular weight excluding hydrogens is 278 g/mol. The lowest BCUT2D eigenvalue weighted by atomic mass is 9.90. The van der Waals surface area contributed by atoms with E-state index in [9.17, 15) is 4.79 Å². The fourth-order valence-corrected chi connectivity index (χ4v) is 2.90. The smallest absolute Gasteiger partial charge is 0.220 e. The Morgan fingerprint density at radius 2 is 1.88 bits per heavy atom. The monoisotopic (exact) mass is 305 g/mol. The van der Waals surface area contributed by atoms with Gasteiger partial charge in [-0.2, -0.15) is 0 Å². The van der Waals surface area contributed by atoms with Crippen LogP contribution in [-0.4, -0.2) is 17.3 Å². The molecule has 0 aliphatic heterocycles. The molecule has 2 nitrogen and oxygen atoms in total. The third-order valence-corrected chi connectivity index (χ3v) is 3.26. The highest BCUT2D eigenvalue weighted by molar-refractivity contribution is 9.09. The maximum atomic E-state index is 11.5. The maximum Gasteiger partial charge on any atom is 0.220 e. The Balaban J connectivity index is 3.56. The molecule has 1 amide bonds. The lowest BCUT2D eigenvalue weighted by molar-refractivity contribution is -0.121. The zero-order valence-corrected chi connectivity index (χ0v) is 13.4. The van der Waals surface area contributed by atoms with Gasteiger partial charge >= 0.3 is 0 Å². The van der Waals surface area contributed by atoms with Crippen LogP contribution in [0.15, 0.2) is 0 Å². The van der Waals surface area contributed by atoms with Gasteiger partial charge < -0.3 is 5.32 Å². The molecule has 0 spiro atoms. The third-order valence-electron chi connectivity index (χ3n) is 2.61. The molecule has 1 N–H and O–H groups in total. The van der Waals surface area contributed by atoms with Gasteiger partial charge in [0.25, 0.3) is 0 Å². The van der Waals surface area contributed by atoms with Crippen LogP contribution in [0.3, 0.4) is 0 Å². The number of hydrogen-bond acceptors (Lipinski definition) is 1. The number of rotatable bonds is 8. The van der Waals surface area contributed by atoms with Gasteiger partial charge in [-0.1, -0.05) is 62.9 Å². The Hall–Kier alpha value is -0.0500. The summed E-state index contributed by atoms with van der Waals surface area (Å²) in [4.78, 5) is 11.9. The molecule has 0 aliphatic carbocycles. The van der Waals surface area contributed by atoms with E-state index in [1.165, 1.54) is 19.3 Å². The van der Waals surface area contributed by atoms with Gasteiger partial charge in [0.2, 0.25) is 5.91 Å². The zero-order chi connectivity index (χ0) is 13.3. The van der Waals surface area contributed by atoms with Crippen molar-refractivity contribution in [2.75, 3.05) is 6.54 Å². The normalized spacial score (nSPS) is 13.5. The number of unbranched alkanes of at least 4 members (excludes halogenated alkanes) is 3. The van der Waals surface area contributed by atoms with Crippen LogP contribution in [0.4, 0.5) is 0 Å². The SMILES string of the molecule is CCCCCCC(=O)NCC(Br)CC(C)(C)C. The van der Waals surface area contributed by atoms with E-state index >= 15 is 0 Å². The number of amides is 1. The molecule has 0 fully saturated rings. The number of halogens is 1. The van der Waals surface area contributed by atoms with E-state index in [2.05, 4.69) is 48.9 Å². The van der Waals surface area contributed by atoms with Gasteiger partial charge in [-0.25, -0.2) is 0 Å². The van der Waals surface area contributed by atoms with Crippen LogP contribution in [0, 0.1) is 5.41 Å². The first-order valence-electron chi connectivity index (χ1n) is 6.76. The molecule has 3 heteroatoms. The summed E-state index contributed by atoms with van der Waals surface area (Å²) in [6.07, 6.45) is 6.39. The van der Waals surface area contributed by atoms with E-state index in [0.29, 0.717) is 16.7 Å². The molecule has 1 atom stereocenters. The topological polar surface area (TPSA) is 29.1 Å². The van der Waals surface area contributed by atoms with Gasteiger partial charge in [-0.05, 0) is 18.3 Å². The van der Waals surface area contributed by atoms with Crippen LogP contribution in [0.5, 0.6) is 0 Å². The molecule has 0 saturated carbocycles. The van der Waals surface area contributed by atoms with Crippen LogP contribution < -0.4 is 5.32 Å². The van der Waals surface area contributed by atoms with Crippen LogP contribution in [-0.2, 0) is 4.79 Å². The molecule has 0 aromatic rings. The Morgan fingerprint density at radius 3 is 2.41 bits per heavy atom. The second-order valence-electron chi connectivity index (χ2n) is 5.98. The van der Waals surface area contributed by atoms with E-state index < -0.39 is 0 Å². The van der Waals surface area contributed by atoms with Crippen LogP contribution in [0.1, 0.15) is 66.2 Å². The van der Waals surface area contributed by atoms with E-state index in [1.807, 2.05) is 0 Å². The summed E-state index contributed by atoms with van der Waals surface area (Å²) in [6, 6.07) is 0. The molecule has 102 valence electrons. The minimum Gasteiger partial charge on any atom is -0.355 e. The summed E-state index contributed by atoms with van der Waals surface area (Å²) in [7, 11) is 0. The van der Waals surface area contributed by atoms with Crippen molar-refractivity contribution in [2.45, 2.75) is 71.0 Å². The highest BCUT2D eigenvalue weighted by Gasteiger charge is 2.16. The Bertz CT molecular complexity index is 211. The molecule has 0 bridgehead atoms. The quantitative estimate of drug-likeness (QED) is 0.526. The lowest BCUT2D eigenvalue weighted by Crippen LogP contribution is -2.31. The number of carbonyl (C=O) groups is 1. The fraction of sp³-hybridized carbons (Fsp3) is 0.929. The average molecular weight is 306 g/mol. The van der Waals surface area contributed by atoms with E-state index in [4.69, 9.17) is 0 Å². The van der Waals surface area contributed by atoms with Crippen molar-refractivity contribution in [3.63, 3.8) is 0 Å². The molecule has 0 aromatic carbocycles. The number of nitrogens with one attached hydrogen (secondary N) is 1. The predicted molar refractivity (Wildman–Crippen MR) is 78.6 cm³/mol. The largest absolute Gasteiger partial charge is 0.355 e. The molecule has 0 radical (unpaired) electrons. The van der Waals surface area contributed by atoms with Crippen molar-refractivity contribution in [3.8, 4) is 0 Å². The van der Waals surface area contributed by atoms with Gasteiger partial charge in [0.15, 0.2) is 0 Å². The molecule has 0 rings (SSSR count). The summed E-state index contributed by atoms with van der Waals surface area (Å²) in [5.74, 6) is 0.194. The molecule has 17 heavy (non-hydrogen) atoms. The van der Waals surface area contributed by atoms with Crippen LogP contribution in [0.25, 0.3) is 0 Å². The first-order valence-corrected chi connectivity index (χ1v) is 7.67. The molecular formula is C14H28BrNO. The minimum absolute atomic E-state index is 0.194. The summed E-state index contributed by atoms with van der Waals surface area (Å²) in [5, 5.41) is 3.00. The number of hydrogen-bond donors (Lipinski definition) is 1. The summed E-state index contributed by atoms with van der Waals surface area (Å²) in [6.45, 7) is 9.57. The van der Waals surface area contributed by atoms with Crippen LogP contribution in [0.2, 0.25) is 0 Å². The van der Waals surface area contributed by atoms with Crippen molar-refractivity contribution in [2.24, 2.45) is 5.41 Å². The van der Waals surface area contributed by atoms with Gasteiger partial charge in [0.1, 0.15) is 0 Å². The first kappa shape index (κ1) is 16.9. The zero-order valence-electron chi connectivity index (χ0n) is 11.8. The van der Waals surface area contributed by atoms with E-state index in [1.54, 1.807) is 0 Å². The fourth-order valence-electron chi connectivity index (χ4n) is 1.76. The van der Waals surface area contributed by atoms with Crippen molar-refractivity contribution in [3.05, 3.63) is 0 Å². The van der Waals surface area contributed by atoms with Crippen molar-refractivity contribution < 1.29 is 4.79 Å². The first-order chi connectivity index (χ1) is 7.85. The van der Waals surface area contributed by atoms with Gasteiger partial charge in [-0.15, -0.1) is 0 Å². The third kappa shape index (κ3) is 12.2. The Labute approximate surface area is 115 Å². The Morgan fingerprint density at radius 1 is 1.24 bits per heavy atom. The summed E-state index contributed by atoms with van der Waals surface area (Å²) < 4.78 is 0. The van der Waals surface area contributed by atoms with Crippen molar-refractivity contribution in [1.82, 2.24) is 5.32 Å².